The Morgan fingerprint density at radius 3 is 2.72 bits per heavy atom. The molecule has 5 nitrogen and oxygen atoms in total. The number of nitriles is 1. The van der Waals surface area contributed by atoms with E-state index in [-0.39, 0.29) is 12.4 Å². The monoisotopic (exact) mass is 248 g/mol. The van der Waals surface area contributed by atoms with Gasteiger partial charge in [-0.1, -0.05) is 6.07 Å². The molecule has 0 saturated heterocycles. The van der Waals surface area contributed by atoms with Gasteiger partial charge >= 0.3 is 5.97 Å². The Bertz CT molecular complexity index is 478. The number of hydrogen-bond donors (Lipinski definition) is 1. The molecule has 5 heteroatoms. The zero-order valence-electron chi connectivity index (χ0n) is 10.5. The molecule has 96 valence electrons. The summed E-state index contributed by atoms with van der Waals surface area (Å²) in [6.45, 7) is 2.37. The lowest BCUT2D eigenvalue weighted by Gasteiger charge is -2.10. The lowest BCUT2D eigenvalue weighted by atomic mass is 10.0. The van der Waals surface area contributed by atoms with E-state index in [4.69, 9.17) is 20.5 Å². The topological polar surface area (TPSA) is 85.3 Å². The highest BCUT2D eigenvalue weighted by atomic mass is 16.5. The fourth-order valence-electron chi connectivity index (χ4n) is 1.65. The predicted molar refractivity (Wildman–Crippen MR) is 65.9 cm³/mol. The maximum atomic E-state index is 11.5. The number of methoxy groups -OCH3 is 1. The van der Waals surface area contributed by atoms with Gasteiger partial charge in [0.2, 0.25) is 0 Å². The maximum absolute atomic E-state index is 11.5. The highest BCUT2D eigenvalue weighted by molar-refractivity contribution is 5.74. The van der Waals surface area contributed by atoms with E-state index in [1.807, 2.05) is 6.07 Å². The average Bonchev–Trinajstić information content (AvgIpc) is 2.37. The van der Waals surface area contributed by atoms with Gasteiger partial charge in [0.1, 0.15) is 11.8 Å². The molecule has 0 bridgehead atoms. The van der Waals surface area contributed by atoms with E-state index in [1.165, 1.54) is 7.11 Å². The summed E-state index contributed by atoms with van der Waals surface area (Å²) < 4.78 is 10.0. The Labute approximate surface area is 106 Å². The summed E-state index contributed by atoms with van der Waals surface area (Å²) in [7, 11) is 1.48. The molecule has 0 amide bonds. The fourth-order valence-corrected chi connectivity index (χ4v) is 1.65. The first-order chi connectivity index (χ1) is 8.65. The lowest BCUT2D eigenvalue weighted by molar-refractivity contribution is -0.142. The summed E-state index contributed by atoms with van der Waals surface area (Å²) in [6, 6.07) is 5.48. The van der Waals surface area contributed by atoms with Crippen LogP contribution in [0.15, 0.2) is 12.1 Å². The van der Waals surface area contributed by atoms with Gasteiger partial charge in [-0.25, -0.2) is 0 Å². The highest BCUT2D eigenvalue weighted by Crippen LogP contribution is 2.24. The lowest BCUT2D eigenvalue weighted by Crippen LogP contribution is -2.10. The number of hydrogen-bond acceptors (Lipinski definition) is 5. The molecule has 0 aliphatic rings. The first-order valence-electron chi connectivity index (χ1n) is 5.61. The minimum absolute atomic E-state index is 0.0426. The van der Waals surface area contributed by atoms with Gasteiger partial charge in [0.05, 0.1) is 25.7 Å². The van der Waals surface area contributed by atoms with Gasteiger partial charge in [-0.15, -0.1) is 0 Å². The van der Waals surface area contributed by atoms with Crippen molar-refractivity contribution in [1.29, 1.82) is 5.26 Å². The largest absolute Gasteiger partial charge is 0.495 e. The van der Waals surface area contributed by atoms with Gasteiger partial charge in [-0.2, -0.15) is 5.26 Å². The number of nitrogens with zero attached hydrogens (tertiary/aromatic N) is 1. The van der Waals surface area contributed by atoms with E-state index in [0.29, 0.717) is 30.0 Å². The minimum Gasteiger partial charge on any atom is -0.495 e. The van der Waals surface area contributed by atoms with Crippen LogP contribution in [0.1, 0.15) is 23.6 Å². The molecule has 0 heterocycles. The van der Waals surface area contributed by atoms with Crippen LogP contribution in [0.25, 0.3) is 0 Å². The Balaban J connectivity index is 3.15. The molecule has 1 aromatic rings. The zero-order valence-corrected chi connectivity index (χ0v) is 10.5. The van der Waals surface area contributed by atoms with E-state index < -0.39 is 0 Å². The minimum atomic E-state index is -0.370. The SMILES string of the molecule is CCOC(=O)Cc1cc(CN)cc(OC)c1C#N. The van der Waals surface area contributed by atoms with E-state index in [2.05, 4.69) is 0 Å². The van der Waals surface area contributed by atoms with Crippen molar-refractivity contribution in [3.05, 3.63) is 28.8 Å². The van der Waals surface area contributed by atoms with E-state index in [9.17, 15) is 4.79 Å². The third-order valence-corrected chi connectivity index (χ3v) is 2.45. The summed E-state index contributed by atoms with van der Waals surface area (Å²) in [5.41, 5.74) is 7.31. The Kier molecular flexibility index (Phi) is 5.15. The van der Waals surface area contributed by atoms with Crippen LogP contribution in [-0.2, 0) is 22.5 Å². The van der Waals surface area contributed by atoms with Crippen LogP contribution in [0.3, 0.4) is 0 Å². The van der Waals surface area contributed by atoms with Crippen molar-refractivity contribution in [2.45, 2.75) is 19.9 Å². The summed E-state index contributed by atoms with van der Waals surface area (Å²) in [5, 5.41) is 9.12. The quantitative estimate of drug-likeness (QED) is 0.789. The Morgan fingerprint density at radius 2 is 2.22 bits per heavy atom. The molecular formula is C13H16N2O3. The fraction of sp³-hybridized carbons (Fsp3) is 0.385. The van der Waals surface area contributed by atoms with Crippen LogP contribution in [0, 0.1) is 11.3 Å². The van der Waals surface area contributed by atoms with Crippen LogP contribution >= 0.6 is 0 Å². The second kappa shape index (κ2) is 6.62. The molecule has 0 atom stereocenters. The Hall–Kier alpha value is -2.06. The molecule has 0 fully saturated rings. The van der Waals surface area contributed by atoms with Gasteiger partial charge in [-0.05, 0) is 24.1 Å². The van der Waals surface area contributed by atoms with E-state index in [1.54, 1.807) is 19.1 Å². The average molecular weight is 248 g/mol. The molecule has 0 aromatic heterocycles. The van der Waals surface area contributed by atoms with Crippen LogP contribution in [0.5, 0.6) is 5.75 Å². The number of esters is 1. The number of rotatable bonds is 5. The first kappa shape index (κ1) is 14.0. The Morgan fingerprint density at radius 1 is 1.50 bits per heavy atom. The standard InChI is InChI=1S/C13H16N2O3/c1-3-18-13(16)6-10-4-9(7-14)5-12(17-2)11(10)8-15/h4-5H,3,6-7,14H2,1-2H3. The molecule has 1 aromatic carbocycles. The smallest absolute Gasteiger partial charge is 0.310 e. The summed E-state index contributed by atoms with van der Waals surface area (Å²) in [4.78, 5) is 11.5. The second-order valence-electron chi connectivity index (χ2n) is 3.63. The van der Waals surface area contributed by atoms with Crippen molar-refractivity contribution in [1.82, 2.24) is 0 Å². The first-order valence-corrected chi connectivity index (χ1v) is 5.61. The van der Waals surface area contributed by atoms with Crippen molar-refractivity contribution in [2.24, 2.45) is 5.73 Å². The highest BCUT2D eigenvalue weighted by Gasteiger charge is 2.14. The zero-order chi connectivity index (χ0) is 13.5. The molecule has 0 aliphatic carbocycles. The van der Waals surface area contributed by atoms with Crippen LogP contribution in [0.4, 0.5) is 0 Å². The molecule has 2 N–H and O–H groups in total. The molecular weight excluding hydrogens is 232 g/mol. The summed E-state index contributed by atoms with van der Waals surface area (Å²) in [5.74, 6) is 0.0602. The molecule has 0 spiro atoms. The maximum Gasteiger partial charge on any atom is 0.310 e. The molecule has 1 rings (SSSR count). The summed E-state index contributed by atoms with van der Waals surface area (Å²) in [6.07, 6.45) is 0.0426. The van der Waals surface area contributed by atoms with Crippen LogP contribution in [0.2, 0.25) is 0 Å². The van der Waals surface area contributed by atoms with Crippen LogP contribution in [-0.4, -0.2) is 19.7 Å². The predicted octanol–water partition coefficient (Wildman–Crippen LogP) is 1.13. The molecule has 18 heavy (non-hydrogen) atoms. The van der Waals surface area contributed by atoms with Gasteiger partial charge < -0.3 is 15.2 Å². The van der Waals surface area contributed by atoms with Crippen LogP contribution < -0.4 is 10.5 Å². The van der Waals surface area contributed by atoms with Gasteiger partial charge in [-0.3, -0.25) is 4.79 Å². The van der Waals surface area contributed by atoms with Crippen molar-refractivity contribution in [3.8, 4) is 11.8 Å². The molecule has 0 aliphatic heterocycles. The summed E-state index contributed by atoms with van der Waals surface area (Å²) >= 11 is 0. The molecule has 0 radical (unpaired) electrons. The number of carbonyl (C=O) groups is 1. The molecule has 0 saturated carbocycles. The number of ether oxygens (including phenoxy) is 2. The number of nitrogens with two attached hydrogens (primary N) is 1. The normalized spacial score (nSPS) is 9.67. The van der Waals surface area contributed by atoms with Gasteiger partial charge in [0.15, 0.2) is 0 Å². The number of carbonyl (C=O) groups excluding carboxylic acids is 1. The van der Waals surface area contributed by atoms with E-state index >= 15 is 0 Å². The van der Waals surface area contributed by atoms with Crippen molar-refractivity contribution in [3.63, 3.8) is 0 Å². The molecule has 0 unspecified atom stereocenters. The second-order valence-corrected chi connectivity index (χ2v) is 3.63. The number of benzene rings is 1. The van der Waals surface area contributed by atoms with Gasteiger partial charge in [0.25, 0.3) is 0 Å². The van der Waals surface area contributed by atoms with Crippen molar-refractivity contribution in [2.75, 3.05) is 13.7 Å². The van der Waals surface area contributed by atoms with Gasteiger partial charge in [0, 0.05) is 6.54 Å². The van der Waals surface area contributed by atoms with E-state index in [0.717, 1.165) is 5.56 Å². The third-order valence-electron chi connectivity index (χ3n) is 2.45. The van der Waals surface area contributed by atoms with Crippen molar-refractivity contribution >= 4 is 5.97 Å². The van der Waals surface area contributed by atoms with Crippen molar-refractivity contribution < 1.29 is 14.3 Å². The third kappa shape index (κ3) is 3.22.